The molecule has 0 aliphatic rings. The van der Waals surface area contributed by atoms with Crippen LogP contribution >= 0.6 is 11.3 Å². The van der Waals surface area contributed by atoms with E-state index in [-0.39, 0.29) is 32.1 Å². The smallest absolute Gasteiger partial charge is 0.338 e. The van der Waals surface area contributed by atoms with E-state index in [2.05, 4.69) is 4.99 Å². The van der Waals surface area contributed by atoms with E-state index in [9.17, 15) is 14.4 Å². The molecule has 3 aromatic rings. The Kier molecular flexibility index (Phi) is 7.13. The van der Waals surface area contributed by atoms with Crippen LogP contribution in [0.5, 0.6) is 0 Å². The number of hydrogen-bond donors (Lipinski definition) is 0. The number of amides is 1. The average molecular weight is 426 g/mol. The van der Waals surface area contributed by atoms with Crippen molar-refractivity contribution in [1.29, 1.82) is 0 Å². The van der Waals surface area contributed by atoms with E-state index in [4.69, 9.17) is 9.47 Å². The van der Waals surface area contributed by atoms with Gasteiger partial charge in [0.25, 0.3) is 5.91 Å². The Morgan fingerprint density at radius 2 is 1.73 bits per heavy atom. The molecule has 0 bridgehead atoms. The molecule has 0 atom stereocenters. The number of thiazole rings is 1. The van der Waals surface area contributed by atoms with E-state index >= 15 is 0 Å². The van der Waals surface area contributed by atoms with Gasteiger partial charge in [0.1, 0.15) is 6.54 Å². The van der Waals surface area contributed by atoms with Crippen LogP contribution in [-0.4, -0.2) is 35.6 Å². The molecule has 0 fully saturated rings. The molecule has 2 aromatic carbocycles. The van der Waals surface area contributed by atoms with E-state index in [1.165, 1.54) is 11.3 Å². The van der Waals surface area contributed by atoms with E-state index in [0.717, 1.165) is 10.3 Å². The Bertz CT molecular complexity index is 1130. The first kappa shape index (κ1) is 21.4. The van der Waals surface area contributed by atoms with Crippen molar-refractivity contribution in [3.8, 4) is 0 Å². The summed E-state index contributed by atoms with van der Waals surface area (Å²) in [5, 5.41) is 0. The van der Waals surface area contributed by atoms with Crippen molar-refractivity contribution in [3.63, 3.8) is 0 Å². The van der Waals surface area contributed by atoms with Gasteiger partial charge in [-0.05, 0) is 37.6 Å². The van der Waals surface area contributed by atoms with Crippen molar-refractivity contribution < 1.29 is 23.9 Å². The molecule has 0 saturated heterocycles. The van der Waals surface area contributed by atoms with Crippen LogP contribution in [0.25, 0.3) is 10.2 Å². The number of ether oxygens (including phenoxy) is 2. The Balaban J connectivity index is 2.02. The van der Waals surface area contributed by atoms with Gasteiger partial charge in [-0.1, -0.05) is 41.7 Å². The molecule has 0 N–H and O–H groups in total. The second-order valence-corrected chi connectivity index (χ2v) is 7.36. The van der Waals surface area contributed by atoms with E-state index in [1.807, 2.05) is 30.3 Å². The van der Waals surface area contributed by atoms with Crippen molar-refractivity contribution in [2.24, 2.45) is 4.99 Å². The molecule has 0 spiro atoms. The number of fused-ring (bicyclic) bond motifs is 1. The van der Waals surface area contributed by atoms with Gasteiger partial charge >= 0.3 is 11.9 Å². The normalized spacial score (nSPS) is 11.5. The molecule has 0 aliphatic carbocycles. The first-order valence-electron chi connectivity index (χ1n) is 9.59. The number of esters is 2. The van der Waals surface area contributed by atoms with Crippen molar-refractivity contribution in [1.82, 2.24) is 4.57 Å². The predicted octanol–water partition coefficient (Wildman–Crippen LogP) is 3.11. The quantitative estimate of drug-likeness (QED) is 0.542. The number of aromatic nitrogens is 1. The SMILES string of the molecule is CCOC(=O)Cn1c(=NC(=O)Cc2ccccc2)sc2cc(C(=O)OCC)ccc21. The van der Waals surface area contributed by atoms with Crippen LogP contribution < -0.4 is 4.80 Å². The minimum absolute atomic E-state index is 0.0793. The van der Waals surface area contributed by atoms with Gasteiger partial charge in [0.2, 0.25) is 0 Å². The minimum Gasteiger partial charge on any atom is -0.465 e. The Labute approximate surface area is 177 Å². The highest BCUT2D eigenvalue weighted by atomic mass is 32.1. The number of rotatable bonds is 7. The summed E-state index contributed by atoms with van der Waals surface area (Å²) in [5.41, 5.74) is 1.94. The van der Waals surface area contributed by atoms with Crippen LogP contribution in [0.3, 0.4) is 0 Å². The Morgan fingerprint density at radius 3 is 2.43 bits per heavy atom. The second-order valence-electron chi connectivity index (χ2n) is 6.35. The van der Waals surface area contributed by atoms with E-state index in [0.29, 0.717) is 15.9 Å². The Hall–Kier alpha value is -3.26. The van der Waals surface area contributed by atoms with E-state index in [1.54, 1.807) is 36.6 Å². The number of benzene rings is 2. The van der Waals surface area contributed by atoms with Gasteiger partial charge in [0.15, 0.2) is 4.80 Å². The molecule has 0 unspecified atom stereocenters. The van der Waals surface area contributed by atoms with Gasteiger partial charge in [0.05, 0.1) is 35.4 Å². The molecular weight excluding hydrogens is 404 g/mol. The number of hydrogen-bond acceptors (Lipinski definition) is 6. The molecule has 1 aromatic heterocycles. The monoisotopic (exact) mass is 426 g/mol. The fourth-order valence-electron chi connectivity index (χ4n) is 2.91. The summed E-state index contributed by atoms with van der Waals surface area (Å²) in [6, 6.07) is 14.3. The lowest BCUT2D eigenvalue weighted by Gasteiger charge is -2.06. The van der Waals surface area contributed by atoms with Crippen molar-refractivity contribution in [3.05, 3.63) is 64.5 Å². The summed E-state index contributed by atoms with van der Waals surface area (Å²) in [6.45, 7) is 3.93. The van der Waals surface area contributed by atoms with Gasteiger partial charge in [-0.25, -0.2) is 4.79 Å². The second kappa shape index (κ2) is 9.98. The zero-order valence-corrected chi connectivity index (χ0v) is 17.6. The highest BCUT2D eigenvalue weighted by Gasteiger charge is 2.15. The largest absolute Gasteiger partial charge is 0.465 e. The molecule has 7 nitrogen and oxygen atoms in total. The maximum atomic E-state index is 12.5. The van der Waals surface area contributed by atoms with Crippen LogP contribution in [-0.2, 0) is 32.0 Å². The van der Waals surface area contributed by atoms with Crippen LogP contribution in [0.2, 0.25) is 0 Å². The molecule has 1 amide bonds. The minimum atomic E-state index is -0.427. The summed E-state index contributed by atoms with van der Waals surface area (Å²) >= 11 is 1.23. The summed E-state index contributed by atoms with van der Waals surface area (Å²) in [7, 11) is 0. The fraction of sp³-hybridized carbons (Fsp3) is 0.273. The van der Waals surface area contributed by atoms with E-state index < -0.39 is 11.9 Å². The molecule has 0 radical (unpaired) electrons. The molecule has 3 rings (SSSR count). The molecule has 1 heterocycles. The fourth-order valence-corrected chi connectivity index (χ4v) is 3.99. The average Bonchev–Trinajstić information content (AvgIpc) is 3.05. The van der Waals surface area contributed by atoms with Crippen LogP contribution in [0.4, 0.5) is 0 Å². The summed E-state index contributed by atoms with van der Waals surface area (Å²) in [4.78, 5) is 41.3. The van der Waals surface area contributed by atoms with Gasteiger partial charge in [-0.3, -0.25) is 9.59 Å². The van der Waals surface area contributed by atoms with Crippen molar-refractivity contribution in [2.75, 3.05) is 13.2 Å². The Morgan fingerprint density at radius 1 is 1.00 bits per heavy atom. The standard InChI is InChI=1S/C22H22N2O5S/c1-3-28-20(26)14-24-17-11-10-16(21(27)29-4-2)13-18(17)30-22(24)23-19(25)12-15-8-6-5-7-9-15/h5-11,13H,3-4,12,14H2,1-2H3. The zero-order chi connectivity index (χ0) is 21.5. The molecule has 0 saturated carbocycles. The maximum absolute atomic E-state index is 12.5. The highest BCUT2D eigenvalue weighted by Crippen LogP contribution is 2.20. The molecule has 156 valence electrons. The van der Waals surface area contributed by atoms with Crippen LogP contribution in [0.15, 0.2) is 53.5 Å². The molecule has 30 heavy (non-hydrogen) atoms. The highest BCUT2D eigenvalue weighted by molar-refractivity contribution is 7.16. The first-order valence-corrected chi connectivity index (χ1v) is 10.4. The number of carbonyl (C=O) groups excluding carboxylic acids is 3. The summed E-state index contributed by atoms with van der Waals surface area (Å²) < 4.78 is 12.5. The van der Waals surface area contributed by atoms with Gasteiger partial charge < -0.3 is 14.0 Å². The topological polar surface area (TPSA) is 87.0 Å². The van der Waals surface area contributed by atoms with Crippen molar-refractivity contribution >= 4 is 39.4 Å². The molecular formula is C22H22N2O5S. The maximum Gasteiger partial charge on any atom is 0.338 e. The van der Waals surface area contributed by atoms with Gasteiger partial charge in [-0.2, -0.15) is 4.99 Å². The summed E-state index contributed by atoms with van der Waals surface area (Å²) in [6.07, 6.45) is 0.155. The van der Waals surface area contributed by atoms with Gasteiger partial charge in [0, 0.05) is 0 Å². The number of carbonyl (C=O) groups is 3. The summed E-state index contributed by atoms with van der Waals surface area (Å²) in [5.74, 6) is -1.18. The first-order chi connectivity index (χ1) is 14.5. The lowest BCUT2D eigenvalue weighted by Crippen LogP contribution is -2.23. The third kappa shape index (κ3) is 5.21. The predicted molar refractivity (Wildman–Crippen MR) is 113 cm³/mol. The third-order valence-electron chi connectivity index (χ3n) is 4.20. The lowest BCUT2D eigenvalue weighted by molar-refractivity contribution is -0.143. The number of nitrogens with zero attached hydrogens (tertiary/aromatic N) is 2. The lowest BCUT2D eigenvalue weighted by atomic mass is 10.1. The van der Waals surface area contributed by atoms with Crippen LogP contribution in [0, 0.1) is 0 Å². The van der Waals surface area contributed by atoms with Crippen molar-refractivity contribution in [2.45, 2.75) is 26.8 Å². The zero-order valence-electron chi connectivity index (χ0n) is 16.8. The third-order valence-corrected chi connectivity index (χ3v) is 5.25. The molecule has 0 aliphatic heterocycles. The van der Waals surface area contributed by atoms with Gasteiger partial charge in [-0.15, -0.1) is 0 Å². The van der Waals surface area contributed by atoms with Crippen LogP contribution in [0.1, 0.15) is 29.8 Å². The molecule has 8 heteroatoms.